The van der Waals surface area contributed by atoms with E-state index in [-0.39, 0.29) is 0 Å². The van der Waals surface area contributed by atoms with Gasteiger partial charge in [0.1, 0.15) is 6.61 Å². The average Bonchev–Trinajstić information content (AvgIpc) is 3.30. The zero-order chi connectivity index (χ0) is 13.8. The van der Waals surface area contributed by atoms with Crippen molar-refractivity contribution in [1.29, 1.82) is 0 Å². The number of hydrogen-bond acceptors (Lipinski definition) is 5. The lowest BCUT2D eigenvalue weighted by Crippen LogP contribution is -2.40. The van der Waals surface area contributed by atoms with Crippen LogP contribution in [0.4, 0.5) is 0 Å². The molecule has 0 aromatic carbocycles. The molecule has 1 N–H and O–H groups in total. The highest BCUT2D eigenvalue weighted by Gasteiger charge is 2.21. The molecule has 5 heteroatoms. The van der Waals surface area contributed by atoms with Gasteiger partial charge in [0.15, 0.2) is 0 Å². The van der Waals surface area contributed by atoms with Gasteiger partial charge in [-0.05, 0) is 39.3 Å². The Morgan fingerprint density at radius 3 is 2.85 bits per heavy atom. The summed E-state index contributed by atoms with van der Waals surface area (Å²) in [5.41, 5.74) is 0.985. The van der Waals surface area contributed by atoms with Gasteiger partial charge in [-0.15, -0.1) is 0 Å². The van der Waals surface area contributed by atoms with Gasteiger partial charge in [-0.2, -0.15) is 0 Å². The van der Waals surface area contributed by atoms with E-state index in [4.69, 9.17) is 4.74 Å². The first-order valence-corrected chi connectivity index (χ1v) is 7.68. The Bertz CT molecular complexity index is 418. The summed E-state index contributed by atoms with van der Waals surface area (Å²) >= 11 is 0. The molecule has 2 aliphatic rings. The van der Waals surface area contributed by atoms with Crippen molar-refractivity contribution < 1.29 is 4.74 Å². The third-order valence-electron chi connectivity index (χ3n) is 4.18. The standard InChI is InChI=1S/C15H24N4O/c1-19-7-3-2-4-14(19)11-20-15-10-17-13(9-18-15)8-16-12-5-6-12/h9-10,12,14,16H,2-8,11H2,1H3. The van der Waals surface area contributed by atoms with Gasteiger partial charge in [0.05, 0.1) is 18.1 Å². The molecule has 5 nitrogen and oxygen atoms in total. The number of rotatable bonds is 6. The SMILES string of the molecule is CN1CCCCC1COc1cnc(CNC2CC2)cn1. The van der Waals surface area contributed by atoms with E-state index in [1.54, 1.807) is 6.20 Å². The maximum absolute atomic E-state index is 5.77. The van der Waals surface area contributed by atoms with Crippen LogP contribution in [0.2, 0.25) is 0 Å². The molecule has 1 saturated carbocycles. The molecule has 1 aromatic rings. The van der Waals surface area contributed by atoms with E-state index in [9.17, 15) is 0 Å². The quantitative estimate of drug-likeness (QED) is 0.855. The van der Waals surface area contributed by atoms with Crippen molar-refractivity contribution in [2.24, 2.45) is 0 Å². The first-order chi connectivity index (χ1) is 9.81. The minimum absolute atomic E-state index is 0.516. The number of ether oxygens (including phenoxy) is 1. The second-order valence-electron chi connectivity index (χ2n) is 5.94. The minimum Gasteiger partial charge on any atom is -0.475 e. The van der Waals surface area contributed by atoms with Gasteiger partial charge in [0.2, 0.25) is 5.88 Å². The maximum atomic E-state index is 5.77. The fourth-order valence-electron chi connectivity index (χ4n) is 2.58. The molecule has 0 amide bonds. The molecule has 1 atom stereocenters. The third kappa shape index (κ3) is 3.90. The Morgan fingerprint density at radius 1 is 1.25 bits per heavy atom. The van der Waals surface area contributed by atoms with Crippen LogP contribution in [0.3, 0.4) is 0 Å². The molecule has 3 rings (SSSR count). The summed E-state index contributed by atoms with van der Waals surface area (Å²) in [5.74, 6) is 0.638. The van der Waals surface area contributed by atoms with Crippen molar-refractivity contribution in [3.63, 3.8) is 0 Å². The predicted octanol–water partition coefficient (Wildman–Crippen LogP) is 1.59. The Balaban J connectivity index is 1.44. The van der Waals surface area contributed by atoms with Gasteiger partial charge in [-0.25, -0.2) is 4.98 Å². The van der Waals surface area contributed by atoms with Crippen molar-refractivity contribution in [3.05, 3.63) is 18.1 Å². The van der Waals surface area contributed by atoms with Crippen LogP contribution in [-0.2, 0) is 6.54 Å². The van der Waals surface area contributed by atoms with Crippen LogP contribution >= 0.6 is 0 Å². The fourth-order valence-corrected chi connectivity index (χ4v) is 2.58. The number of hydrogen-bond donors (Lipinski definition) is 1. The molecule has 1 unspecified atom stereocenters. The molecule has 2 fully saturated rings. The second-order valence-corrected chi connectivity index (χ2v) is 5.94. The summed E-state index contributed by atoms with van der Waals surface area (Å²) in [6.07, 6.45) is 9.97. The Labute approximate surface area is 120 Å². The van der Waals surface area contributed by atoms with Crippen molar-refractivity contribution in [2.75, 3.05) is 20.2 Å². The van der Waals surface area contributed by atoms with Crippen LogP contribution in [-0.4, -0.2) is 47.2 Å². The molecule has 0 spiro atoms. The zero-order valence-corrected chi connectivity index (χ0v) is 12.2. The molecule has 1 aliphatic carbocycles. The summed E-state index contributed by atoms with van der Waals surface area (Å²) in [5, 5.41) is 3.43. The number of nitrogens with one attached hydrogen (secondary N) is 1. The Kier molecular flexibility index (Phi) is 4.47. The summed E-state index contributed by atoms with van der Waals surface area (Å²) in [6, 6.07) is 1.22. The summed E-state index contributed by atoms with van der Waals surface area (Å²) in [6.45, 7) is 2.69. The molecule has 0 radical (unpaired) electrons. The van der Waals surface area contributed by atoms with E-state index in [1.165, 1.54) is 38.6 Å². The molecule has 2 heterocycles. The first kappa shape index (κ1) is 13.8. The molecular formula is C15H24N4O. The van der Waals surface area contributed by atoms with Crippen molar-refractivity contribution >= 4 is 0 Å². The smallest absolute Gasteiger partial charge is 0.232 e. The Morgan fingerprint density at radius 2 is 2.15 bits per heavy atom. The van der Waals surface area contributed by atoms with E-state index in [2.05, 4.69) is 27.2 Å². The lowest BCUT2D eigenvalue weighted by molar-refractivity contribution is 0.122. The minimum atomic E-state index is 0.516. The number of aromatic nitrogens is 2. The largest absolute Gasteiger partial charge is 0.475 e. The zero-order valence-electron chi connectivity index (χ0n) is 12.2. The van der Waals surface area contributed by atoms with E-state index in [1.807, 2.05) is 6.20 Å². The van der Waals surface area contributed by atoms with Crippen LogP contribution < -0.4 is 10.1 Å². The summed E-state index contributed by atoms with van der Waals surface area (Å²) in [4.78, 5) is 11.1. The number of piperidine rings is 1. The van der Waals surface area contributed by atoms with E-state index in [0.29, 0.717) is 24.6 Å². The first-order valence-electron chi connectivity index (χ1n) is 7.68. The van der Waals surface area contributed by atoms with Crippen LogP contribution in [0.1, 0.15) is 37.8 Å². The number of nitrogens with zero attached hydrogens (tertiary/aromatic N) is 3. The molecule has 110 valence electrons. The van der Waals surface area contributed by atoms with Gasteiger partial charge >= 0.3 is 0 Å². The molecule has 1 aromatic heterocycles. The van der Waals surface area contributed by atoms with Crippen molar-refractivity contribution in [3.8, 4) is 5.88 Å². The van der Waals surface area contributed by atoms with E-state index < -0.39 is 0 Å². The predicted molar refractivity (Wildman–Crippen MR) is 77.7 cm³/mol. The van der Waals surface area contributed by atoms with Crippen molar-refractivity contribution in [2.45, 2.75) is 50.7 Å². The van der Waals surface area contributed by atoms with Gasteiger partial charge < -0.3 is 15.0 Å². The van der Waals surface area contributed by atoms with Crippen molar-refractivity contribution in [1.82, 2.24) is 20.2 Å². The van der Waals surface area contributed by atoms with E-state index >= 15 is 0 Å². The molecule has 1 aliphatic heterocycles. The van der Waals surface area contributed by atoms with Crippen LogP contribution in [0.5, 0.6) is 5.88 Å². The molecule has 20 heavy (non-hydrogen) atoms. The lowest BCUT2D eigenvalue weighted by atomic mass is 10.0. The summed E-state index contributed by atoms with van der Waals surface area (Å²) < 4.78 is 5.77. The lowest BCUT2D eigenvalue weighted by Gasteiger charge is -2.31. The van der Waals surface area contributed by atoms with Crippen LogP contribution in [0, 0.1) is 0 Å². The summed E-state index contributed by atoms with van der Waals surface area (Å²) in [7, 11) is 2.17. The highest BCUT2D eigenvalue weighted by atomic mass is 16.5. The molecule has 1 saturated heterocycles. The average molecular weight is 276 g/mol. The molecule has 0 bridgehead atoms. The van der Waals surface area contributed by atoms with Gasteiger partial charge in [0, 0.05) is 18.6 Å². The third-order valence-corrected chi connectivity index (χ3v) is 4.18. The van der Waals surface area contributed by atoms with Crippen LogP contribution in [0.15, 0.2) is 12.4 Å². The van der Waals surface area contributed by atoms with Crippen LogP contribution in [0.25, 0.3) is 0 Å². The number of likely N-dealkylation sites (N-methyl/N-ethyl adjacent to an activating group) is 1. The van der Waals surface area contributed by atoms with E-state index in [0.717, 1.165) is 12.2 Å². The van der Waals surface area contributed by atoms with Gasteiger partial charge in [-0.3, -0.25) is 4.98 Å². The number of likely N-dealkylation sites (tertiary alicyclic amines) is 1. The highest BCUT2D eigenvalue weighted by Crippen LogP contribution is 2.19. The topological polar surface area (TPSA) is 50.3 Å². The van der Waals surface area contributed by atoms with Gasteiger partial charge in [0.25, 0.3) is 0 Å². The monoisotopic (exact) mass is 276 g/mol. The highest BCUT2D eigenvalue weighted by molar-refractivity contribution is 5.07. The Hall–Kier alpha value is -1.20. The normalized spacial score (nSPS) is 23.8. The second kappa shape index (κ2) is 6.50. The van der Waals surface area contributed by atoms with Gasteiger partial charge in [-0.1, -0.05) is 6.42 Å². The molecular weight excluding hydrogens is 252 g/mol. The fraction of sp³-hybridized carbons (Fsp3) is 0.733. The maximum Gasteiger partial charge on any atom is 0.232 e.